The van der Waals surface area contributed by atoms with Crippen LogP contribution < -0.4 is 15.8 Å². The normalized spacial score (nSPS) is 29.1. The molecular weight excluding hydrogens is 318 g/mol. The maximum absolute atomic E-state index is 12.9. The lowest BCUT2D eigenvalue weighted by molar-refractivity contribution is -0.128. The summed E-state index contributed by atoms with van der Waals surface area (Å²) in [6.45, 7) is 0.594. The van der Waals surface area contributed by atoms with Crippen LogP contribution in [0.3, 0.4) is 0 Å². The Kier molecular flexibility index (Phi) is 5.27. The predicted molar refractivity (Wildman–Crippen MR) is 94.9 cm³/mol. The van der Waals surface area contributed by atoms with E-state index in [-0.39, 0.29) is 36.2 Å². The van der Waals surface area contributed by atoms with Gasteiger partial charge in [0.05, 0.1) is 19.1 Å². The molecule has 6 nitrogen and oxygen atoms in total. The lowest BCUT2D eigenvalue weighted by atomic mass is 9.92. The molecule has 2 amide bonds. The van der Waals surface area contributed by atoms with Crippen molar-refractivity contribution in [1.29, 1.82) is 0 Å². The molecule has 0 unspecified atom stereocenters. The van der Waals surface area contributed by atoms with Gasteiger partial charge < -0.3 is 20.7 Å². The molecule has 3 rings (SSSR count). The largest absolute Gasteiger partial charge is 0.497 e. The Labute approximate surface area is 148 Å². The van der Waals surface area contributed by atoms with Crippen molar-refractivity contribution in [2.45, 2.75) is 37.8 Å². The summed E-state index contributed by atoms with van der Waals surface area (Å²) in [6.07, 6.45) is 3.38. The van der Waals surface area contributed by atoms with Gasteiger partial charge in [0.25, 0.3) is 0 Å². The third-order valence-corrected chi connectivity index (χ3v) is 5.67. The number of likely N-dealkylation sites (tertiary alicyclic amines) is 1. The number of hydrogen-bond acceptors (Lipinski definition) is 4. The average molecular weight is 345 g/mol. The summed E-state index contributed by atoms with van der Waals surface area (Å²) in [6, 6.07) is 7.48. The Hall–Kier alpha value is -2.08. The van der Waals surface area contributed by atoms with E-state index in [2.05, 4.69) is 5.32 Å². The zero-order valence-corrected chi connectivity index (χ0v) is 14.9. The molecule has 25 heavy (non-hydrogen) atoms. The van der Waals surface area contributed by atoms with Crippen LogP contribution in [0.1, 0.15) is 37.3 Å². The zero-order chi connectivity index (χ0) is 18.0. The van der Waals surface area contributed by atoms with E-state index < -0.39 is 0 Å². The summed E-state index contributed by atoms with van der Waals surface area (Å²) in [4.78, 5) is 26.8. The highest BCUT2D eigenvalue weighted by Gasteiger charge is 2.43. The number of methoxy groups -OCH3 is 1. The Balaban J connectivity index is 1.77. The molecule has 1 aliphatic carbocycles. The topological polar surface area (TPSA) is 84.7 Å². The number of carbonyl (C=O) groups is 2. The maximum Gasteiger partial charge on any atom is 0.226 e. The van der Waals surface area contributed by atoms with Crippen molar-refractivity contribution < 1.29 is 14.3 Å². The van der Waals surface area contributed by atoms with Gasteiger partial charge in [-0.2, -0.15) is 0 Å². The summed E-state index contributed by atoms with van der Waals surface area (Å²) in [5, 5.41) is 3.16. The van der Waals surface area contributed by atoms with E-state index in [1.54, 1.807) is 19.1 Å². The summed E-state index contributed by atoms with van der Waals surface area (Å²) in [5.74, 6) is 0.697. The van der Waals surface area contributed by atoms with Gasteiger partial charge in [0.15, 0.2) is 0 Å². The molecule has 1 saturated heterocycles. The van der Waals surface area contributed by atoms with E-state index in [4.69, 9.17) is 10.5 Å². The third-order valence-electron chi connectivity index (χ3n) is 5.67. The molecule has 0 bridgehead atoms. The lowest BCUT2D eigenvalue weighted by Crippen LogP contribution is -2.43. The molecule has 1 aliphatic heterocycles. The molecule has 2 fully saturated rings. The second kappa shape index (κ2) is 7.44. The van der Waals surface area contributed by atoms with Gasteiger partial charge in [-0.25, -0.2) is 0 Å². The first-order chi connectivity index (χ1) is 12.0. The Morgan fingerprint density at radius 2 is 2.04 bits per heavy atom. The minimum absolute atomic E-state index is 0.00256. The van der Waals surface area contributed by atoms with Crippen molar-refractivity contribution in [2.75, 3.05) is 20.7 Å². The van der Waals surface area contributed by atoms with Gasteiger partial charge in [-0.3, -0.25) is 9.59 Å². The number of ether oxygens (including phenoxy) is 1. The molecule has 4 atom stereocenters. The Morgan fingerprint density at radius 3 is 2.68 bits per heavy atom. The number of benzene rings is 1. The van der Waals surface area contributed by atoms with Crippen LogP contribution in [-0.2, 0) is 9.59 Å². The molecule has 1 saturated carbocycles. The van der Waals surface area contributed by atoms with Crippen LogP contribution >= 0.6 is 0 Å². The lowest BCUT2D eigenvalue weighted by Gasteiger charge is -2.27. The molecule has 0 radical (unpaired) electrons. The van der Waals surface area contributed by atoms with Crippen LogP contribution in [0.4, 0.5) is 0 Å². The van der Waals surface area contributed by atoms with Gasteiger partial charge >= 0.3 is 0 Å². The van der Waals surface area contributed by atoms with Crippen molar-refractivity contribution in [3.05, 3.63) is 29.8 Å². The van der Waals surface area contributed by atoms with Gasteiger partial charge in [0, 0.05) is 19.5 Å². The van der Waals surface area contributed by atoms with E-state index in [1.807, 2.05) is 24.3 Å². The molecular formula is C19H27N3O3. The highest BCUT2D eigenvalue weighted by atomic mass is 16.5. The fraction of sp³-hybridized carbons (Fsp3) is 0.579. The fourth-order valence-electron chi connectivity index (χ4n) is 4.16. The first-order valence-electron chi connectivity index (χ1n) is 8.95. The van der Waals surface area contributed by atoms with Gasteiger partial charge in [-0.1, -0.05) is 18.6 Å². The van der Waals surface area contributed by atoms with Gasteiger partial charge in [0.1, 0.15) is 5.75 Å². The predicted octanol–water partition coefficient (Wildman–Crippen LogP) is 1.46. The second-order valence-corrected chi connectivity index (χ2v) is 7.08. The molecule has 2 aliphatic rings. The van der Waals surface area contributed by atoms with Gasteiger partial charge in [0.2, 0.25) is 11.8 Å². The fourth-order valence-corrected chi connectivity index (χ4v) is 4.16. The molecule has 1 aromatic rings. The van der Waals surface area contributed by atoms with Gasteiger partial charge in [-0.15, -0.1) is 0 Å². The third kappa shape index (κ3) is 3.49. The molecule has 1 heterocycles. The quantitative estimate of drug-likeness (QED) is 0.846. The highest BCUT2D eigenvalue weighted by molar-refractivity contribution is 5.90. The first kappa shape index (κ1) is 17.7. The minimum Gasteiger partial charge on any atom is -0.497 e. The first-order valence-corrected chi connectivity index (χ1v) is 8.95. The van der Waals surface area contributed by atoms with Crippen LogP contribution in [0.2, 0.25) is 0 Å². The smallest absolute Gasteiger partial charge is 0.226 e. The number of nitrogens with one attached hydrogen (secondary N) is 1. The summed E-state index contributed by atoms with van der Waals surface area (Å²) in [5.41, 5.74) is 6.77. The van der Waals surface area contributed by atoms with Crippen LogP contribution in [0.25, 0.3) is 0 Å². The molecule has 1 aromatic carbocycles. The van der Waals surface area contributed by atoms with E-state index in [9.17, 15) is 9.59 Å². The number of amides is 2. The minimum atomic E-state index is -0.370. The number of rotatable bonds is 5. The van der Waals surface area contributed by atoms with Crippen LogP contribution in [0.5, 0.6) is 5.75 Å². The molecule has 3 N–H and O–H groups in total. The average Bonchev–Trinajstić information content (AvgIpc) is 3.19. The second-order valence-electron chi connectivity index (χ2n) is 7.08. The van der Waals surface area contributed by atoms with Crippen molar-refractivity contribution in [2.24, 2.45) is 17.6 Å². The monoisotopic (exact) mass is 345 g/mol. The molecule has 6 heteroatoms. The number of nitrogens with zero attached hydrogens (tertiary/aromatic N) is 1. The van der Waals surface area contributed by atoms with E-state index in [0.29, 0.717) is 12.5 Å². The van der Waals surface area contributed by atoms with Gasteiger partial charge in [-0.05, 0) is 43.0 Å². The highest BCUT2D eigenvalue weighted by Crippen LogP contribution is 2.38. The van der Waals surface area contributed by atoms with Crippen molar-refractivity contribution >= 4 is 11.8 Å². The van der Waals surface area contributed by atoms with E-state index in [1.165, 1.54) is 0 Å². The van der Waals surface area contributed by atoms with Crippen molar-refractivity contribution in [1.82, 2.24) is 10.2 Å². The standard InChI is InChI=1S/C19H27N3O3/c1-22-17(23)10-15(18(22)12-6-8-14(25-2)9-7-12)19(24)21-16-5-3-4-13(16)11-20/h6-9,13,15-16,18H,3-5,10-11,20H2,1-2H3,(H,21,24)/t13-,15-,16+,18-/m1/s1. The SMILES string of the molecule is COc1ccc([C@@H]2[C@H](C(=O)N[C@H]3CCC[C@@H]3CN)CC(=O)N2C)cc1. The summed E-state index contributed by atoms with van der Waals surface area (Å²) < 4.78 is 5.20. The molecule has 136 valence electrons. The zero-order valence-electron chi connectivity index (χ0n) is 14.9. The molecule has 0 aromatic heterocycles. The number of hydrogen-bond donors (Lipinski definition) is 2. The van der Waals surface area contributed by atoms with E-state index >= 15 is 0 Å². The Morgan fingerprint density at radius 1 is 1.32 bits per heavy atom. The summed E-state index contributed by atoms with van der Waals surface area (Å²) in [7, 11) is 3.38. The Bertz CT molecular complexity index is 631. The maximum atomic E-state index is 12.9. The number of nitrogens with two attached hydrogens (primary N) is 1. The van der Waals surface area contributed by atoms with Crippen molar-refractivity contribution in [3.8, 4) is 5.75 Å². The van der Waals surface area contributed by atoms with Crippen LogP contribution in [0, 0.1) is 11.8 Å². The summed E-state index contributed by atoms with van der Waals surface area (Å²) >= 11 is 0. The molecule has 0 spiro atoms. The van der Waals surface area contributed by atoms with Crippen molar-refractivity contribution in [3.63, 3.8) is 0 Å². The van der Waals surface area contributed by atoms with E-state index in [0.717, 1.165) is 30.6 Å². The van der Waals surface area contributed by atoms with Crippen LogP contribution in [0.15, 0.2) is 24.3 Å². The number of carbonyl (C=O) groups excluding carboxylic acids is 2. The van der Waals surface area contributed by atoms with Crippen LogP contribution in [-0.4, -0.2) is 43.5 Å².